The van der Waals surface area contributed by atoms with Crippen molar-refractivity contribution in [2.24, 2.45) is 0 Å². The monoisotopic (exact) mass is 222 g/mol. The van der Waals surface area contributed by atoms with E-state index in [2.05, 4.69) is 20.8 Å². The Hall–Kier alpha value is -1.18. The van der Waals surface area contributed by atoms with E-state index in [-0.39, 0.29) is 16.9 Å². The first-order valence-electron chi connectivity index (χ1n) is 5.97. The molecule has 90 valence electrons. The van der Waals surface area contributed by atoms with Gasteiger partial charge in [-0.25, -0.2) is 0 Å². The molecule has 0 radical (unpaired) electrons. The third-order valence-corrected chi connectivity index (χ3v) is 3.18. The SMILES string of the molecule is CCCC(C)(C)c1cc(CC)c(O)cc1O. The summed E-state index contributed by atoms with van der Waals surface area (Å²) in [4.78, 5) is 0. The Morgan fingerprint density at radius 2 is 1.69 bits per heavy atom. The lowest BCUT2D eigenvalue weighted by molar-refractivity contribution is 0.407. The molecule has 0 heterocycles. The van der Waals surface area contributed by atoms with E-state index in [1.165, 1.54) is 6.07 Å². The molecule has 0 spiro atoms. The van der Waals surface area contributed by atoms with Gasteiger partial charge in [-0.05, 0) is 29.9 Å². The van der Waals surface area contributed by atoms with Crippen molar-refractivity contribution in [3.05, 3.63) is 23.3 Å². The predicted molar refractivity (Wildman–Crippen MR) is 67.1 cm³/mol. The van der Waals surface area contributed by atoms with E-state index < -0.39 is 0 Å². The van der Waals surface area contributed by atoms with Crippen molar-refractivity contribution in [3.8, 4) is 11.5 Å². The molecular formula is C14H22O2. The molecule has 0 aliphatic rings. The Kier molecular flexibility index (Phi) is 3.84. The minimum Gasteiger partial charge on any atom is -0.508 e. The zero-order valence-electron chi connectivity index (χ0n) is 10.7. The van der Waals surface area contributed by atoms with Crippen molar-refractivity contribution >= 4 is 0 Å². The second-order valence-electron chi connectivity index (χ2n) is 4.99. The molecule has 1 aromatic carbocycles. The predicted octanol–water partition coefficient (Wildman–Crippen LogP) is 3.74. The molecule has 1 rings (SSSR count). The molecule has 0 saturated carbocycles. The van der Waals surface area contributed by atoms with Crippen LogP contribution in [0.4, 0.5) is 0 Å². The fourth-order valence-corrected chi connectivity index (χ4v) is 2.21. The van der Waals surface area contributed by atoms with Crippen LogP contribution in [0.3, 0.4) is 0 Å². The molecule has 0 aliphatic heterocycles. The van der Waals surface area contributed by atoms with Crippen LogP contribution in [0.15, 0.2) is 12.1 Å². The Labute approximate surface area is 97.9 Å². The highest BCUT2D eigenvalue weighted by Crippen LogP contribution is 2.38. The van der Waals surface area contributed by atoms with Crippen molar-refractivity contribution in [2.75, 3.05) is 0 Å². The molecule has 2 N–H and O–H groups in total. The number of aryl methyl sites for hydroxylation is 1. The van der Waals surface area contributed by atoms with Gasteiger partial charge in [0.05, 0.1) is 0 Å². The topological polar surface area (TPSA) is 40.5 Å². The van der Waals surface area contributed by atoms with Crippen LogP contribution in [-0.2, 0) is 11.8 Å². The molecule has 0 atom stereocenters. The number of phenolic OH excluding ortho intramolecular Hbond substituents is 2. The van der Waals surface area contributed by atoms with E-state index in [0.29, 0.717) is 0 Å². The third-order valence-electron chi connectivity index (χ3n) is 3.18. The zero-order valence-corrected chi connectivity index (χ0v) is 10.7. The quantitative estimate of drug-likeness (QED) is 0.814. The fraction of sp³-hybridized carbons (Fsp3) is 0.571. The average Bonchev–Trinajstić information content (AvgIpc) is 2.17. The summed E-state index contributed by atoms with van der Waals surface area (Å²) in [6.45, 7) is 8.40. The van der Waals surface area contributed by atoms with Gasteiger partial charge in [0.25, 0.3) is 0 Å². The van der Waals surface area contributed by atoms with Crippen LogP contribution in [0.1, 0.15) is 51.7 Å². The van der Waals surface area contributed by atoms with Gasteiger partial charge < -0.3 is 10.2 Å². The summed E-state index contributed by atoms with van der Waals surface area (Å²) >= 11 is 0. The van der Waals surface area contributed by atoms with Gasteiger partial charge in [-0.3, -0.25) is 0 Å². The van der Waals surface area contributed by atoms with Gasteiger partial charge in [-0.15, -0.1) is 0 Å². The Bertz CT molecular complexity index is 367. The van der Waals surface area contributed by atoms with Gasteiger partial charge >= 0.3 is 0 Å². The minimum absolute atomic E-state index is 0.0452. The lowest BCUT2D eigenvalue weighted by Gasteiger charge is -2.26. The second kappa shape index (κ2) is 4.77. The molecule has 0 saturated heterocycles. The van der Waals surface area contributed by atoms with E-state index >= 15 is 0 Å². The largest absolute Gasteiger partial charge is 0.508 e. The number of rotatable bonds is 4. The summed E-state index contributed by atoms with van der Waals surface area (Å²) in [6.07, 6.45) is 2.88. The molecule has 0 aliphatic carbocycles. The Morgan fingerprint density at radius 3 is 2.19 bits per heavy atom. The first-order chi connectivity index (χ1) is 7.42. The van der Waals surface area contributed by atoms with E-state index in [1.807, 2.05) is 13.0 Å². The van der Waals surface area contributed by atoms with Gasteiger partial charge in [0.15, 0.2) is 0 Å². The molecule has 1 aromatic rings. The van der Waals surface area contributed by atoms with E-state index in [9.17, 15) is 10.2 Å². The molecule has 0 bridgehead atoms. The van der Waals surface area contributed by atoms with Crippen molar-refractivity contribution in [1.29, 1.82) is 0 Å². The van der Waals surface area contributed by atoms with Gasteiger partial charge in [-0.1, -0.05) is 34.1 Å². The molecule has 2 nitrogen and oxygen atoms in total. The highest BCUT2D eigenvalue weighted by Gasteiger charge is 2.24. The van der Waals surface area contributed by atoms with Gasteiger partial charge in [-0.2, -0.15) is 0 Å². The van der Waals surface area contributed by atoms with Crippen molar-refractivity contribution < 1.29 is 10.2 Å². The summed E-state index contributed by atoms with van der Waals surface area (Å²) in [6, 6.07) is 3.39. The van der Waals surface area contributed by atoms with Crippen LogP contribution in [0, 0.1) is 0 Å². The zero-order chi connectivity index (χ0) is 12.3. The van der Waals surface area contributed by atoms with Crippen LogP contribution in [0.5, 0.6) is 11.5 Å². The lowest BCUT2D eigenvalue weighted by Crippen LogP contribution is -2.17. The molecule has 0 amide bonds. The molecule has 0 fully saturated rings. The first kappa shape index (κ1) is 12.9. The smallest absolute Gasteiger partial charge is 0.123 e. The molecular weight excluding hydrogens is 200 g/mol. The van der Waals surface area contributed by atoms with E-state index in [0.717, 1.165) is 30.4 Å². The van der Waals surface area contributed by atoms with Gasteiger partial charge in [0.2, 0.25) is 0 Å². The average molecular weight is 222 g/mol. The summed E-state index contributed by atoms with van der Waals surface area (Å²) < 4.78 is 0. The fourth-order valence-electron chi connectivity index (χ4n) is 2.21. The van der Waals surface area contributed by atoms with E-state index in [1.54, 1.807) is 0 Å². The normalized spacial score (nSPS) is 11.8. The van der Waals surface area contributed by atoms with Gasteiger partial charge in [0.1, 0.15) is 11.5 Å². The van der Waals surface area contributed by atoms with Gasteiger partial charge in [0, 0.05) is 11.6 Å². The summed E-state index contributed by atoms with van der Waals surface area (Å²) in [5.41, 5.74) is 1.79. The number of hydrogen-bond acceptors (Lipinski definition) is 2. The van der Waals surface area contributed by atoms with E-state index in [4.69, 9.17) is 0 Å². The molecule has 2 heteroatoms. The minimum atomic E-state index is -0.0452. The highest BCUT2D eigenvalue weighted by atomic mass is 16.3. The molecule has 16 heavy (non-hydrogen) atoms. The lowest BCUT2D eigenvalue weighted by atomic mass is 9.79. The standard InChI is InChI=1S/C14H22O2/c1-5-7-14(3,4)11-8-10(6-2)12(15)9-13(11)16/h8-9,15-16H,5-7H2,1-4H3. The highest BCUT2D eigenvalue weighted by molar-refractivity contribution is 5.48. The number of aromatic hydroxyl groups is 2. The Morgan fingerprint density at radius 1 is 1.06 bits per heavy atom. The maximum Gasteiger partial charge on any atom is 0.123 e. The number of phenols is 2. The summed E-state index contributed by atoms with van der Waals surface area (Å²) in [5, 5.41) is 19.6. The Balaban J connectivity index is 3.22. The van der Waals surface area contributed by atoms with Crippen LogP contribution in [0.25, 0.3) is 0 Å². The summed E-state index contributed by atoms with van der Waals surface area (Å²) in [7, 11) is 0. The molecule has 0 unspecified atom stereocenters. The van der Waals surface area contributed by atoms with Crippen LogP contribution in [0.2, 0.25) is 0 Å². The van der Waals surface area contributed by atoms with Crippen LogP contribution in [-0.4, -0.2) is 10.2 Å². The summed E-state index contributed by atoms with van der Waals surface area (Å²) in [5.74, 6) is 0.393. The molecule has 0 aromatic heterocycles. The maximum atomic E-state index is 9.91. The number of benzene rings is 1. The van der Waals surface area contributed by atoms with Crippen molar-refractivity contribution in [1.82, 2.24) is 0 Å². The van der Waals surface area contributed by atoms with Crippen LogP contribution >= 0.6 is 0 Å². The van der Waals surface area contributed by atoms with Crippen LogP contribution < -0.4 is 0 Å². The van der Waals surface area contributed by atoms with Crippen molar-refractivity contribution in [2.45, 2.75) is 52.4 Å². The maximum absolute atomic E-state index is 9.91. The second-order valence-corrected chi connectivity index (χ2v) is 4.99. The third kappa shape index (κ3) is 2.49. The van der Waals surface area contributed by atoms with Crippen molar-refractivity contribution in [3.63, 3.8) is 0 Å². The number of hydrogen-bond donors (Lipinski definition) is 2. The first-order valence-corrected chi connectivity index (χ1v) is 5.97.